The minimum Gasteiger partial charge on any atom is -0.478 e. The van der Waals surface area contributed by atoms with E-state index in [1.807, 2.05) is 0 Å². The Balaban J connectivity index is 3.49. The highest BCUT2D eigenvalue weighted by atomic mass is 79.9. The second kappa shape index (κ2) is 4.61. The first-order valence-electron chi connectivity index (χ1n) is 3.73. The van der Waals surface area contributed by atoms with Gasteiger partial charge in [-0.25, -0.2) is 18.6 Å². The summed E-state index contributed by atoms with van der Waals surface area (Å²) in [5.41, 5.74) is -1.88. The lowest BCUT2D eigenvalue weighted by Gasteiger charge is -2.08. The van der Waals surface area contributed by atoms with Crippen LogP contribution in [0.4, 0.5) is 13.2 Å². The van der Waals surface area contributed by atoms with E-state index in [2.05, 4.69) is 20.9 Å². The average Bonchev–Trinajstić information content (AvgIpc) is 2.16. The molecule has 3 nitrogen and oxygen atoms in total. The standard InChI is InChI=1S/C8H5BrF3NO2/c9-1-3-5(8(14)15)4(6(10)11)2-13-7(3)12/h2,6H,1H2,(H,14,15). The molecule has 0 fully saturated rings. The highest BCUT2D eigenvalue weighted by Crippen LogP contribution is 2.27. The molecule has 82 valence electrons. The number of hydrogen-bond acceptors (Lipinski definition) is 2. The van der Waals surface area contributed by atoms with E-state index in [1.165, 1.54) is 0 Å². The van der Waals surface area contributed by atoms with Crippen molar-refractivity contribution >= 4 is 21.9 Å². The van der Waals surface area contributed by atoms with Gasteiger partial charge in [0.15, 0.2) is 0 Å². The predicted molar refractivity (Wildman–Crippen MR) is 48.7 cm³/mol. The second-order valence-electron chi connectivity index (χ2n) is 2.60. The van der Waals surface area contributed by atoms with Crippen molar-refractivity contribution in [2.24, 2.45) is 0 Å². The van der Waals surface area contributed by atoms with Crippen LogP contribution in [0, 0.1) is 5.95 Å². The third kappa shape index (κ3) is 2.28. The Morgan fingerprint density at radius 2 is 2.20 bits per heavy atom. The molecule has 0 atom stereocenters. The molecule has 0 amide bonds. The summed E-state index contributed by atoms with van der Waals surface area (Å²) >= 11 is 2.82. The lowest BCUT2D eigenvalue weighted by Crippen LogP contribution is -2.10. The lowest BCUT2D eigenvalue weighted by molar-refractivity contribution is 0.0682. The van der Waals surface area contributed by atoms with Crippen LogP contribution in [0.5, 0.6) is 0 Å². The van der Waals surface area contributed by atoms with Gasteiger partial charge < -0.3 is 5.11 Å². The molecule has 1 N–H and O–H groups in total. The molecule has 1 heterocycles. The van der Waals surface area contributed by atoms with Crippen LogP contribution in [0.3, 0.4) is 0 Å². The normalized spacial score (nSPS) is 10.7. The van der Waals surface area contributed by atoms with Crippen LogP contribution in [0.1, 0.15) is 27.9 Å². The molecule has 0 bridgehead atoms. The number of carbonyl (C=O) groups is 1. The maximum atomic E-state index is 13.0. The molecule has 15 heavy (non-hydrogen) atoms. The monoisotopic (exact) mass is 283 g/mol. The Labute approximate surface area is 91.1 Å². The van der Waals surface area contributed by atoms with Crippen LogP contribution in [0.2, 0.25) is 0 Å². The summed E-state index contributed by atoms with van der Waals surface area (Å²) in [4.78, 5) is 13.8. The maximum Gasteiger partial charge on any atom is 0.336 e. The van der Waals surface area contributed by atoms with Crippen LogP contribution in [-0.2, 0) is 5.33 Å². The van der Waals surface area contributed by atoms with Gasteiger partial charge in [-0.05, 0) is 0 Å². The van der Waals surface area contributed by atoms with E-state index in [9.17, 15) is 18.0 Å². The number of rotatable bonds is 3. The van der Waals surface area contributed by atoms with E-state index in [4.69, 9.17) is 5.11 Å². The Morgan fingerprint density at radius 1 is 1.60 bits per heavy atom. The van der Waals surface area contributed by atoms with Crippen molar-refractivity contribution in [2.45, 2.75) is 11.8 Å². The molecule has 1 aromatic rings. The van der Waals surface area contributed by atoms with Crippen LogP contribution in [0.15, 0.2) is 6.20 Å². The summed E-state index contributed by atoms with van der Waals surface area (Å²) in [5.74, 6) is -2.66. The van der Waals surface area contributed by atoms with E-state index < -0.39 is 29.5 Å². The van der Waals surface area contributed by atoms with Crippen molar-refractivity contribution in [3.63, 3.8) is 0 Å². The zero-order valence-electron chi connectivity index (χ0n) is 7.18. The van der Waals surface area contributed by atoms with Gasteiger partial charge >= 0.3 is 5.97 Å². The molecule has 1 aromatic heterocycles. The molecule has 0 unspecified atom stereocenters. The van der Waals surface area contributed by atoms with Crippen molar-refractivity contribution < 1.29 is 23.1 Å². The summed E-state index contributed by atoms with van der Waals surface area (Å²) in [6.07, 6.45) is -2.46. The SMILES string of the molecule is O=C(O)c1c(C(F)F)cnc(F)c1CBr. The highest BCUT2D eigenvalue weighted by Gasteiger charge is 2.24. The van der Waals surface area contributed by atoms with Gasteiger partial charge in [0.05, 0.1) is 11.1 Å². The summed E-state index contributed by atoms with van der Waals surface area (Å²) in [6.45, 7) is 0. The zero-order chi connectivity index (χ0) is 11.6. The molecule has 0 saturated heterocycles. The van der Waals surface area contributed by atoms with Gasteiger partial charge in [-0.15, -0.1) is 0 Å². The van der Waals surface area contributed by atoms with Crippen LogP contribution in [0.25, 0.3) is 0 Å². The number of alkyl halides is 3. The number of nitrogens with zero attached hydrogens (tertiary/aromatic N) is 1. The van der Waals surface area contributed by atoms with Gasteiger partial charge in [0.2, 0.25) is 5.95 Å². The maximum absolute atomic E-state index is 13.0. The topological polar surface area (TPSA) is 50.2 Å². The van der Waals surface area contributed by atoms with E-state index in [0.717, 1.165) is 0 Å². The molecule has 7 heteroatoms. The molecular weight excluding hydrogens is 279 g/mol. The summed E-state index contributed by atoms with van der Waals surface area (Å²) < 4.78 is 37.8. The van der Waals surface area contributed by atoms with Gasteiger partial charge in [0.1, 0.15) is 0 Å². The summed E-state index contributed by atoms with van der Waals surface area (Å²) in [5, 5.41) is 8.52. The number of carboxylic acid groups (broad SMARTS) is 1. The van der Waals surface area contributed by atoms with Crippen molar-refractivity contribution in [1.29, 1.82) is 0 Å². The fourth-order valence-corrected chi connectivity index (χ4v) is 1.60. The fraction of sp³-hybridized carbons (Fsp3) is 0.250. The van der Waals surface area contributed by atoms with Gasteiger partial charge in [0, 0.05) is 17.1 Å². The quantitative estimate of drug-likeness (QED) is 0.686. The molecule has 0 aromatic carbocycles. The second-order valence-corrected chi connectivity index (χ2v) is 3.16. The Morgan fingerprint density at radius 3 is 2.60 bits per heavy atom. The fourth-order valence-electron chi connectivity index (χ4n) is 1.09. The molecule has 0 aliphatic carbocycles. The van der Waals surface area contributed by atoms with Crippen molar-refractivity contribution in [2.75, 3.05) is 0 Å². The minimum absolute atomic E-state index is 0.186. The summed E-state index contributed by atoms with van der Waals surface area (Å²) in [6, 6.07) is 0. The van der Waals surface area contributed by atoms with E-state index in [-0.39, 0.29) is 10.9 Å². The first kappa shape index (κ1) is 12.0. The molecule has 0 aliphatic heterocycles. The van der Waals surface area contributed by atoms with Crippen molar-refractivity contribution in [3.05, 3.63) is 28.8 Å². The van der Waals surface area contributed by atoms with Crippen molar-refractivity contribution in [3.8, 4) is 0 Å². The average molecular weight is 284 g/mol. The Kier molecular flexibility index (Phi) is 3.67. The highest BCUT2D eigenvalue weighted by molar-refractivity contribution is 9.08. The number of hydrogen-bond donors (Lipinski definition) is 1. The van der Waals surface area contributed by atoms with Gasteiger partial charge in [-0.1, -0.05) is 15.9 Å². The molecule has 0 spiro atoms. The molecule has 0 radical (unpaired) electrons. The van der Waals surface area contributed by atoms with E-state index in [0.29, 0.717) is 6.20 Å². The molecule has 0 saturated carbocycles. The van der Waals surface area contributed by atoms with Gasteiger partial charge in [-0.2, -0.15) is 4.39 Å². The Hall–Kier alpha value is -1.11. The van der Waals surface area contributed by atoms with Gasteiger partial charge in [0.25, 0.3) is 6.43 Å². The number of aromatic carboxylic acids is 1. The van der Waals surface area contributed by atoms with E-state index >= 15 is 0 Å². The first-order chi connectivity index (χ1) is 6.99. The van der Waals surface area contributed by atoms with Crippen LogP contribution < -0.4 is 0 Å². The number of halogens is 4. The van der Waals surface area contributed by atoms with Crippen LogP contribution >= 0.6 is 15.9 Å². The number of aromatic nitrogens is 1. The third-order valence-electron chi connectivity index (χ3n) is 1.74. The first-order valence-corrected chi connectivity index (χ1v) is 4.85. The lowest BCUT2D eigenvalue weighted by atomic mass is 10.1. The minimum atomic E-state index is -3.00. The molecule has 1 rings (SSSR count). The Bertz CT molecular complexity index is 398. The summed E-state index contributed by atoms with van der Waals surface area (Å²) in [7, 11) is 0. The number of carboxylic acids is 1. The largest absolute Gasteiger partial charge is 0.478 e. The van der Waals surface area contributed by atoms with Crippen molar-refractivity contribution in [1.82, 2.24) is 4.98 Å². The van der Waals surface area contributed by atoms with Gasteiger partial charge in [-0.3, -0.25) is 0 Å². The smallest absolute Gasteiger partial charge is 0.336 e. The zero-order valence-corrected chi connectivity index (χ0v) is 8.76. The third-order valence-corrected chi connectivity index (χ3v) is 2.30. The molecule has 0 aliphatic rings. The predicted octanol–water partition coefficient (Wildman–Crippen LogP) is 2.75. The van der Waals surface area contributed by atoms with Crippen LogP contribution in [-0.4, -0.2) is 16.1 Å². The molecular formula is C8H5BrF3NO2. The number of pyridine rings is 1. The van der Waals surface area contributed by atoms with E-state index in [1.54, 1.807) is 0 Å².